The van der Waals surface area contributed by atoms with Crippen molar-refractivity contribution in [3.63, 3.8) is 0 Å². The molecule has 2 saturated heterocycles. The first-order chi connectivity index (χ1) is 16.1. The van der Waals surface area contributed by atoms with Crippen molar-refractivity contribution in [3.8, 4) is 11.5 Å². The number of aliphatic hydroxyl groups excluding tert-OH is 1. The summed E-state index contributed by atoms with van der Waals surface area (Å²) in [6.45, 7) is 4.66. The van der Waals surface area contributed by atoms with Crippen molar-refractivity contribution >= 4 is 29.9 Å². The number of amides is 1. The van der Waals surface area contributed by atoms with Gasteiger partial charge in [-0.05, 0) is 29.8 Å². The summed E-state index contributed by atoms with van der Waals surface area (Å²) in [4.78, 5) is 34.1. The molecule has 1 amide bonds. The van der Waals surface area contributed by atoms with Crippen LogP contribution in [0.4, 0.5) is 0 Å². The van der Waals surface area contributed by atoms with E-state index in [0.29, 0.717) is 62.1 Å². The molecule has 1 aromatic heterocycles. The van der Waals surface area contributed by atoms with Crippen molar-refractivity contribution in [2.75, 3.05) is 52.6 Å². The second-order valence-corrected chi connectivity index (χ2v) is 8.09. The second-order valence-electron chi connectivity index (χ2n) is 8.09. The number of benzene rings is 1. The Morgan fingerprint density at radius 2 is 1.79 bits per heavy atom. The first-order valence-electron chi connectivity index (χ1n) is 11.0. The van der Waals surface area contributed by atoms with Crippen LogP contribution in [0.25, 0.3) is 5.76 Å². The van der Waals surface area contributed by atoms with Crippen LogP contribution in [0.2, 0.25) is 0 Å². The molecule has 0 aliphatic carbocycles. The summed E-state index contributed by atoms with van der Waals surface area (Å²) < 4.78 is 16.6. The van der Waals surface area contributed by atoms with Gasteiger partial charge in [0.1, 0.15) is 19.0 Å². The number of aliphatic hydroxyl groups is 1. The molecule has 1 atom stereocenters. The molecule has 3 aliphatic heterocycles. The summed E-state index contributed by atoms with van der Waals surface area (Å²) in [6.07, 6.45) is 3.25. The van der Waals surface area contributed by atoms with Crippen LogP contribution in [-0.2, 0) is 14.3 Å². The number of hydrogen-bond acceptors (Lipinski definition) is 8. The molecule has 2 aromatic rings. The van der Waals surface area contributed by atoms with Crippen molar-refractivity contribution in [2.45, 2.75) is 6.04 Å². The minimum absolute atomic E-state index is 0. The number of morpholine rings is 1. The fourth-order valence-electron chi connectivity index (χ4n) is 4.41. The topological polar surface area (TPSA) is 101 Å². The highest BCUT2D eigenvalue weighted by Crippen LogP contribution is 2.40. The number of nitrogens with zero attached hydrogens (tertiary/aromatic N) is 3. The summed E-state index contributed by atoms with van der Waals surface area (Å²) in [5.41, 5.74) is 1.10. The maximum absolute atomic E-state index is 13.1. The number of hydrogen-bond donors (Lipinski definition) is 1. The number of pyridine rings is 1. The number of likely N-dealkylation sites (tertiary alicyclic amines) is 1. The third kappa shape index (κ3) is 4.59. The molecule has 5 rings (SSSR count). The summed E-state index contributed by atoms with van der Waals surface area (Å²) in [6, 6.07) is 7.81. The zero-order valence-corrected chi connectivity index (χ0v) is 19.3. The van der Waals surface area contributed by atoms with E-state index in [1.54, 1.807) is 36.7 Å². The average Bonchev–Trinajstić information content (AvgIpc) is 3.12. The number of aromatic nitrogens is 1. The number of ether oxygens (including phenoxy) is 3. The fourth-order valence-corrected chi connectivity index (χ4v) is 4.41. The Morgan fingerprint density at radius 3 is 2.53 bits per heavy atom. The molecule has 1 unspecified atom stereocenters. The molecule has 2 fully saturated rings. The standard InChI is InChI=1S/C24H25N3O6.ClH/c28-22(16-3-4-18-19(14-16)33-13-12-32-18)20-21(17-2-1-5-25-15-17)27(24(30)23(20)29)7-6-26-8-10-31-11-9-26;/h1-5,14-15,21,28H,6-13H2;1H/b22-20+;. The van der Waals surface area contributed by atoms with Gasteiger partial charge in [-0.25, -0.2) is 0 Å². The lowest BCUT2D eigenvalue weighted by molar-refractivity contribution is -0.140. The fraction of sp³-hybridized carbons (Fsp3) is 0.375. The van der Waals surface area contributed by atoms with Gasteiger partial charge in [0.05, 0.1) is 24.8 Å². The molecule has 3 aliphatic rings. The maximum Gasteiger partial charge on any atom is 0.295 e. The van der Waals surface area contributed by atoms with Crippen LogP contribution in [0.1, 0.15) is 17.2 Å². The van der Waals surface area contributed by atoms with Gasteiger partial charge >= 0.3 is 0 Å². The van der Waals surface area contributed by atoms with E-state index < -0.39 is 17.7 Å². The number of rotatable bonds is 5. The van der Waals surface area contributed by atoms with Crippen LogP contribution < -0.4 is 9.47 Å². The lowest BCUT2D eigenvalue weighted by atomic mass is 9.96. The van der Waals surface area contributed by atoms with Gasteiger partial charge in [0.2, 0.25) is 0 Å². The third-order valence-electron chi connectivity index (χ3n) is 6.12. The smallest absolute Gasteiger partial charge is 0.295 e. The molecule has 0 spiro atoms. The molecule has 34 heavy (non-hydrogen) atoms. The second kappa shape index (κ2) is 10.4. The van der Waals surface area contributed by atoms with Gasteiger partial charge in [-0.3, -0.25) is 19.5 Å². The monoisotopic (exact) mass is 487 g/mol. The van der Waals surface area contributed by atoms with Crippen molar-refractivity contribution in [1.82, 2.24) is 14.8 Å². The largest absolute Gasteiger partial charge is 0.507 e. The predicted molar refractivity (Wildman–Crippen MR) is 125 cm³/mol. The van der Waals surface area contributed by atoms with Crippen LogP contribution in [0.3, 0.4) is 0 Å². The van der Waals surface area contributed by atoms with E-state index in [9.17, 15) is 14.7 Å². The van der Waals surface area contributed by atoms with Gasteiger partial charge in [0.25, 0.3) is 11.7 Å². The zero-order chi connectivity index (χ0) is 22.8. The van der Waals surface area contributed by atoms with Crippen LogP contribution in [-0.4, -0.2) is 84.2 Å². The highest BCUT2D eigenvalue weighted by molar-refractivity contribution is 6.46. The van der Waals surface area contributed by atoms with Crippen LogP contribution >= 0.6 is 12.4 Å². The van der Waals surface area contributed by atoms with Crippen LogP contribution in [0, 0.1) is 0 Å². The van der Waals surface area contributed by atoms with Gasteiger partial charge in [0, 0.05) is 44.1 Å². The van der Waals surface area contributed by atoms with Crippen molar-refractivity contribution in [1.29, 1.82) is 0 Å². The third-order valence-corrected chi connectivity index (χ3v) is 6.12. The molecular formula is C24H26ClN3O6. The Morgan fingerprint density at radius 1 is 1.03 bits per heavy atom. The summed E-state index contributed by atoms with van der Waals surface area (Å²) in [5, 5.41) is 11.2. The summed E-state index contributed by atoms with van der Waals surface area (Å²) in [5.74, 6) is -0.514. The molecule has 1 aromatic carbocycles. The van der Waals surface area contributed by atoms with E-state index in [-0.39, 0.29) is 23.7 Å². The van der Waals surface area contributed by atoms with Gasteiger partial charge in [-0.2, -0.15) is 0 Å². The summed E-state index contributed by atoms with van der Waals surface area (Å²) in [7, 11) is 0. The molecule has 4 heterocycles. The Kier molecular flexibility index (Phi) is 7.35. The van der Waals surface area contributed by atoms with E-state index in [1.807, 2.05) is 6.07 Å². The lowest BCUT2D eigenvalue weighted by Gasteiger charge is -2.30. The number of carbonyl (C=O) groups excluding carboxylic acids is 2. The van der Waals surface area contributed by atoms with Crippen molar-refractivity contribution in [2.24, 2.45) is 0 Å². The van der Waals surface area contributed by atoms with Gasteiger partial charge in [0.15, 0.2) is 11.5 Å². The van der Waals surface area contributed by atoms with E-state index in [0.717, 1.165) is 13.1 Å². The molecule has 9 nitrogen and oxygen atoms in total. The van der Waals surface area contributed by atoms with Crippen molar-refractivity contribution in [3.05, 3.63) is 59.4 Å². The first kappa shape index (κ1) is 24.0. The predicted octanol–water partition coefficient (Wildman–Crippen LogP) is 2.03. The van der Waals surface area contributed by atoms with E-state index in [4.69, 9.17) is 14.2 Å². The van der Waals surface area contributed by atoms with Crippen LogP contribution in [0.15, 0.2) is 48.3 Å². The first-order valence-corrected chi connectivity index (χ1v) is 11.0. The van der Waals surface area contributed by atoms with Gasteiger partial charge in [-0.15, -0.1) is 12.4 Å². The molecule has 1 N–H and O–H groups in total. The Hall–Kier alpha value is -3.14. The SMILES string of the molecule is Cl.O=C1C(=O)N(CCN2CCOCC2)C(c2cccnc2)/C1=C(\O)c1ccc2c(c1)OCCO2. The normalized spacial score (nSPS) is 21.9. The number of ketones is 1. The minimum Gasteiger partial charge on any atom is -0.507 e. The highest BCUT2D eigenvalue weighted by atomic mass is 35.5. The molecular weight excluding hydrogens is 462 g/mol. The van der Waals surface area contributed by atoms with E-state index in [2.05, 4.69) is 9.88 Å². The Bertz CT molecular complexity index is 1090. The molecule has 180 valence electrons. The number of carbonyl (C=O) groups is 2. The maximum atomic E-state index is 13.1. The lowest BCUT2D eigenvalue weighted by Crippen LogP contribution is -2.42. The van der Waals surface area contributed by atoms with E-state index >= 15 is 0 Å². The van der Waals surface area contributed by atoms with Gasteiger partial charge in [-0.1, -0.05) is 6.07 Å². The van der Waals surface area contributed by atoms with E-state index in [1.165, 1.54) is 4.90 Å². The minimum atomic E-state index is -0.729. The number of halogens is 1. The molecule has 0 bridgehead atoms. The summed E-state index contributed by atoms with van der Waals surface area (Å²) >= 11 is 0. The van der Waals surface area contributed by atoms with Crippen molar-refractivity contribution < 1.29 is 28.9 Å². The quantitative estimate of drug-likeness (QED) is 0.388. The molecule has 0 radical (unpaired) electrons. The van der Waals surface area contributed by atoms with Crippen LogP contribution in [0.5, 0.6) is 11.5 Å². The number of Topliss-reactive ketones (excluding diaryl/α,β-unsaturated/α-hetero) is 1. The van der Waals surface area contributed by atoms with Gasteiger partial charge < -0.3 is 24.2 Å². The highest BCUT2D eigenvalue weighted by Gasteiger charge is 2.46. The Labute approximate surface area is 203 Å². The Balaban J connectivity index is 0.00000274. The average molecular weight is 488 g/mol. The molecule has 10 heteroatoms. The zero-order valence-electron chi connectivity index (χ0n) is 18.5. The molecule has 0 saturated carbocycles. The number of fused-ring (bicyclic) bond motifs is 1.